The molecule has 8 heteroatoms. The number of hydrogen-bond acceptors (Lipinski definition) is 5. The fourth-order valence-corrected chi connectivity index (χ4v) is 2.09. The first kappa shape index (κ1) is 19.8. The van der Waals surface area contributed by atoms with Crippen molar-refractivity contribution in [2.75, 3.05) is 0 Å². The van der Waals surface area contributed by atoms with Gasteiger partial charge in [0.15, 0.2) is 0 Å². The molecule has 8 nitrogen and oxygen atoms in total. The Balaban J connectivity index is 1.70. The number of nitrogens with one attached hydrogen (secondary N) is 3. The number of amides is 3. The maximum absolute atomic E-state index is 11.9. The Labute approximate surface area is 157 Å². The van der Waals surface area contributed by atoms with Gasteiger partial charge in [0, 0.05) is 31.2 Å². The second kappa shape index (κ2) is 10.4. The Hall–Kier alpha value is -3.55. The fourth-order valence-electron chi connectivity index (χ4n) is 2.09. The Morgan fingerprint density at radius 2 is 1.63 bits per heavy atom. The Morgan fingerprint density at radius 3 is 2.33 bits per heavy atom. The molecule has 0 radical (unpaired) electrons. The maximum Gasteiger partial charge on any atom is 0.329 e. The zero-order valence-electron chi connectivity index (χ0n) is 14.9. The molecule has 0 atom stereocenters. The van der Waals surface area contributed by atoms with Crippen molar-refractivity contribution in [3.63, 3.8) is 0 Å². The second-order valence-corrected chi connectivity index (χ2v) is 5.77. The van der Waals surface area contributed by atoms with E-state index >= 15 is 0 Å². The molecule has 0 saturated heterocycles. The zero-order valence-corrected chi connectivity index (χ0v) is 14.9. The number of carbonyl (C=O) groups excluding carboxylic acids is 3. The van der Waals surface area contributed by atoms with E-state index in [0.717, 1.165) is 11.1 Å². The molecule has 0 aliphatic carbocycles. The van der Waals surface area contributed by atoms with Crippen molar-refractivity contribution in [2.45, 2.75) is 26.4 Å². The summed E-state index contributed by atoms with van der Waals surface area (Å²) in [6.07, 6.45) is 3.32. The monoisotopic (exact) mass is 367 g/mol. The summed E-state index contributed by atoms with van der Waals surface area (Å²) < 4.78 is 0. The summed E-state index contributed by atoms with van der Waals surface area (Å²) in [4.78, 5) is 39.3. The zero-order chi connectivity index (χ0) is 19.5. The summed E-state index contributed by atoms with van der Waals surface area (Å²) in [5.41, 5.74) is 4.28. The van der Waals surface area contributed by atoms with Gasteiger partial charge >= 0.3 is 11.8 Å². The van der Waals surface area contributed by atoms with E-state index in [0.29, 0.717) is 12.3 Å². The molecular weight excluding hydrogens is 346 g/mol. The molecule has 0 aliphatic rings. The Bertz CT molecular complexity index is 807. The van der Waals surface area contributed by atoms with E-state index in [-0.39, 0.29) is 18.9 Å². The van der Waals surface area contributed by atoms with Gasteiger partial charge in [0.25, 0.3) is 0 Å². The van der Waals surface area contributed by atoms with E-state index in [9.17, 15) is 14.4 Å². The van der Waals surface area contributed by atoms with Crippen LogP contribution >= 0.6 is 0 Å². The van der Waals surface area contributed by atoms with Crippen molar-refractivity contribution in [3.05, 3.63) is 66.0 Å². The van der Waals surface area contributed by atoms with Crippen LogP contribution < -0.4 is 16.1 Å². The third-order valence-electron chi connectivity index (χ3n) is 3.48. The molecule has 0 unspecified atom stereocenters. The average Bonchev–Trinajstić information content (AvgIpc) is 2.70. The van der Waals surface area contributed by atoms with Crippen molar-refractivity contribution >= 4 is 23.4 Å². The van der Waals surface area contributed by atoms with Gasteiger partial charge in [-0.15, -0.1) is 0 Å². The van der Waals surface area contributed by atoms with Crippen LogP contribution in [-0.4, -0.2) is 28.4 Å². The Morgan fingerprint density at radius 1 is 0.926 bits per heavy atom. The molecule has 3 amide bonds. The lowest BCUT2D eigenvalue weighted by Gasteiger charge is -2.06. The predicted molar refractivity (Wildman–Crippen MR) is 100 cm³/mol. The fraction of sp³-hybridized carbons (Fsp3) is 0.211. The highest BCUT2D eigenvalue weighted by molar-refractivity contribution is 6.35. The van der Waals surface area contributed by atoms with Crippen LogP contribution in [0.5, 0.6) is 0 Å². The summed E-state index contributed by atoms with van der Waals surface area (Å²) in [5, 5.41) is 9.00. The third-order valence-corrected chi connectivity index (χ3v) is 3.48. The lowest BCUT2D eigenvalue weighted by atomic mass is 10.2. The molecule has 3 N–H and O–H groups in total. The molecule has 0 aliphatic heterocycles. The van der Waals surface area contributed by atoms with E-state index in [1.807, 2.05) is 36.4 Å². The summed E-state index contributed by atoms with van der Waals surface area (Å²) in [6, 6.07) is 12.9. The van der Waals surface area contributed by atoms with Gasteiger partial charge in [-0.05, 0) is 24.1 Å². The van der Waals surface area contributed by atoms with Gasteiger partial charge < -0.3 is 10.6 Å². The molecule has 0 spiro atoms. The minimum Gasteiger partial charge on any atom is -0.352 e. The average molecular weight is 367 g/mol. The van der Waals surface area contributed by atoms with E-state index in [1.54, 1.807) is 25.4 Å². The molecule has 27 heavy (non-hydrogen) atoms. The van der Waals surface area contributed by atoms with Crippen molar-refractivity contribution < 1.29 is 14.4 Å². The lowest BCUT2D eigenvalue weighted by molar-refractivity contribution is -0.139. The first-order valence-corrected chi connectivity index (χ1v) is 8.35. The highest BCUT2D eigenvalue weighted by Gasteiger charge is 2.12. The van der Waals surface area contributed by atoms with Crippen LogP contribution in [0.3, 0.4) is 0 Å². The first-order valence-electron chi connectivity index (χ1n) is 8.35. The molecule has 0 bridgehead atoms. The van der Waals surface area contributed by atoms with E-state index in [2.05, 4.69) is 26.1 Å². The van der Waals surface area contributed by atoms with Crippen molar-refractivity contribution in [3.8, 4) is 0 Å². The quantitative estimate of drug-likeness (QED) is 0.383. The molecule has 2 aromatic rings. The van der Waals surface area contributed by atoms with E-state index < -0.39 is 11.8 Å². The number of rotatable bonds is 7. The van der Waals surface area contributed by atoms with Gasteiger partial charge in [0.05, 0.1) is 6.42 Å². The van der Waals surface area contributed by atoms with Crippen LogP contribution in [0.2, 0.25) is 0 Å². The van der Waals surface area contributed by atoms with Gasteiger partial charge in [-0.1, -0.05) is 36.4 Å². The third kappa shape index (κ3) is 7.47. The number of nitrogens with zero attached hydrogens (tertiary/aromatic N) is 2. The van der Waals surface area contributed by atoms with Crippen molar-refractivity contribution in [1.29, 1.82) is 0 Å². The number of hydrazone groups is 1. The molecular formula is C19H21N5O3. The predicted octanol–water partition coefficient (Wildman–Crippen LogP) is 0.896. The molecule has 1 aromatic carbocycles. The van der Waals surface area contributed by atoms with Crippen LogP contribution in [-0.2, 0) is 27.5 Å². The molecule has 1 heterocycles. The molecule has 2 rings (SSSR count). The summed E-state index contributed by atoms with van der Waals surface area (Å²) in [7, 11) is 0. The first-order chi connectivity index (χ1) is 13.0. The molecule has 1 aromatic heterocycles. The molecule has 140 valence electrons. The van der Waals surface area contributed by atoms with Crippen LogP contribution in [0, 0.1) is 0 Å². The van der Waals surface area contributed by atoms with Gasteiger partial charge in [-0.25, -0.2) is 5.43 Å². The summed E-state index contributed by atoms with van der Waals surface area (Å²) in [5.74, 6) is -1.93. The normalized spacial score (nSPS) is 10.8. The maximum atomic E-state index is 11.9. The van der Waals surface area contributed by atoms with Crippen molar-refractivity contribution in [1.82, 2.24) is 21.0 Å². The standard InChI is InChI=1S/C19H21N5O3/c1-14(10-17(25)21-13-16-8-5-9-20-11-16)23-24-19(27)18(26)22-12-15-6-3-2-4-7-15/h2-9,11H,10,12-13H2,1H3,(H,21,25)(H,22,26)(H,24,27)/b23-14+. The van der Waals surface area contributed by atoms with Crippen LogP contribution in [0.25, 0.3) is 0 Å². The number of carbonyl (C=O) groups is 3. The largest absolute Gasteiger partial charge is 0.352 e. The highest BCUT2D eigenvalue weighted by atomic mass is 16.2. The van der Waals surface area contributed by atoms with Crippen LogP contribution in [0.1, 0.15) is 24.5 Å². The molecule has 0 fully saturated rings. The Kier molecular flexibility index (Phi) is 7.65. The van der Waals surface area contributed by atoms with Crippen LogP contribution in [0.15, 0.2) is 60.0 Å². The number of benzene rings is 1. The lowest BCUT2D eigenvalue weighted by Crippen LogP contribution is -2.37. The second-order valence-electron chi connectivity index (χ2n) is 5.77. The van der Waals surface area contributed by atoms with E-state index in [4.69, 9.17) is 0 Å². The van der Waals surface area contributed by atoms with Gasteiger partial charge in [-0.2, -0.15) is 5.10 Å². The minimum atomic E-state index is -0.888. The van der Waals surface area contributed by atoms with Crippen LogP contribution in [0.4, 0.5) is 0 Å². The van der Waals surface area contributed by atoms with Gasteiger partial charge in [0.2, 0.25) is 5.91 Å². The minimum absolute atomic E-state index is 0.00613. The number of pyridine rings is 1. The molecule has 0 saturated carbocycles. The highest BCUT2D eigenvalue weighted by Crippen LogP contribution is 1.97. The SMILES string of the molecule is C/C(CC(=O)NCc1cccnc1)=N\NC(=O)C(=O)NCc1ccccc1. The summed E-state index contributed by atoms with van der Waals surface area (Å²) >= 11 is 0. The van der Waals surface area contributed by atoms with Crippen molar-refractivity contribution in [2.24, 2.45) is 5.10 Å². The number of aromatic nitrogens is 1. The van der Waals surface area contributed by atoms with E-state index in [1.165, 1.54) is 0 Å². The topological polar surface area (TPSA) is 113 Å². The summed E-state index contributed by atoms with van der Waals surface area (Å²) in [6.45, 7) is 2.19. The van der Waals surface area contributed by atoms with Gasteiger partial charge in [-0.3, -0.25) is 19.4 Å². The van der Waals surface area contributed by atoms with Gasteiger partial charge in [0.1, 0.15) is 0 Å². The smallest absolute Gasteiger partial charge is 0.329 e. The number of hydrogen-bond donors (Lipinski definition) is 3.